The summed E-state index contributed by atoms with van der Waals surface area (Å²) in [6.07, 6.45) is 3.33. The smallest absolute Gasteiger partial charge is 0.225 e. The molecule has 0 radical (unpaired) electrons. The van der Waals surface area contributed by atoms with Gasteiger partial charge in [0.25, 0.3) is 0 Å². The van der Waals surface area contributed by atoms with Gasteiger partial charge in [-0.25, -0.2) is 13.8 Å². The Morgan fingerprint density at radius 2 is 2.11 bits per heavy atom. The molecule has 1 amide bonds. The van der Waals surface area contributed by atoms with Gasteiger partial charge in [0.05, 0.1) is 5.69 Å². The number of fused-ring (bicyclic) bond motifs is 1. The molecule has 2 N–H and O–H groups in total. The highest BCUT2D eigenvalue weighted by molar-refractivity contribution is 5.83. The predicted octanol–water partition coefficient (Wildman–Crippen LogP) is 3.17. The molecule has 2 aliphatic rings. The minimum Gasteiger partial charge on any atom is -0.383 e. The molecular weight excluding hydrogens is 350 g/mol. The maximum Gasteiger partial charge on any atom is 0.225 e. The van der Waals surface area contributed by atoms with E-state index in [9.17, 15) is 18.8 Å². The molecule has 0 atom stereocenters. The molecule has 1 aromatic heterocycles. The van der Waals surface area contributed by atoms with E-state index in [0.717, 1.165) is 31.4 Å². The van der Waals surface area contributed by atoms with E-state index in [1.54, 1.807) is 4.90 Å². The van der Waals surface area contributed by atoms with E-state index in [-0.39, 0.29) is 35.3 Å². The highest BCUT2D eigenvalue weighted by atomic mass is 19.1. The number of nitrogen functional groups attached to an aromatic ring is 1. The Labute approximate surface area is 155 Å². The third kappa shape index (κ3) is 2.91. The molecule has 4 rings (SSSR count). The molecule has 27 heavy (non-hydrogen) atoms. The molecule has 1 saturated carbocycles. The van der Waals surface area contributed by atoms with Crippen LogP contribution in [-0.2, 0) is 17.8 Å². The first-order valence-corrected chi connectivity index (χ1v) is 8.95. The lowest BCUT2D eigenvalue weighted by Gasteiger charge is -2.35. The molecule has 0 saturated heterocycles. The molecule has 7 heteroatoms. The summed E-state index contributed by atoms with van der Waals surface area (Å²) in [4.78, 5) is 18.7. The molecule has 2 aromatic rings. The molecule has 1 aromatic carbocycles. The molecular formula is C20H18F2N4O. The topological polar surface area (TPSA) is 83.0 Å². The summed E-state index contributed by atoms with van der Waals surface area (Å²) in [5, 5.41) is 9.57. The van der Waals surface area contributed by atoms with Gasteiger partial charge >= 0.3 is 0 Å². The number of hydrogen-bond donors (Lipinski definition) is 1. The summed E-state index contributed by atoms with van der Waals surface area (Å²) in [5.74, 6) is -1.31. The minimum absolute atomic E-state index is 0.0220. The number of amides is 1. The summed E-state index contributed by atoms with van der Waals surface area (Å²) in [5.41, 5.74) is 7.66. The second-order valence-corrected chi connectivity index (χ2v) is 7.05. The number of anilines is 1. The average Bonchev–Trinajstić information content (AvgIpc) is 2.59. The Bertz CT molecular complexity index is 979. The summed E-state index contributed by atoms with van der Waals surface area (Å²) in [6.45, 7) is 0.769. The fourth-order valence-electron chi connectivity index (χ4n) is 3.78. The Morgan fingerprint density at radius 3 is 2.74 bits per heavy atom. The molecule has 1 aliphatic heterocycles. The number of hydrogen-bond acceptors (Lipinski definition) is 4. The standard InChI is InChI=1S/C20H18F2N4O/c21-12-4-5-13(16(22)8-12)18-14(9-23)19(24)25-17-6-7-26(10-15(17)18)20(27)11-2-1-3-11/h4-5,8,11H,1-3,6-7,10H2,(H2,24,25). The Hall–Kier alpha value is -3.01. The van der Waals surface area contributed by atoms with E-state index in [0.29, 0.717) is 29.8 Å². The van der Waals surface area contributed by atoms with Gasteiger partial charge in [0.2, 0.25) is 5.91 Å². The van der Waals surface area contributed by atoms with Gasteiger partial charge in [0.1, 0.15) is 29.1 Å². The molecule has 1 aliphatic carbocycles. The molecule has 138 valence electrons. The quantitative estimate of drug-likeness (QED) is 0.883. The number of aromatic nitrogens is 1. The van der Waals surface area contributed by atoms with Crippen molar-refractivity contribution in [3.05, 3.63) is 46.7 Å². The number of carbonyl (C=O) groups is 1. The SMILES string of the molecule is N#Cc1c(N)nc2c(c1-c1ccc(F)cc1F)CN(C(=O)C1CCC1)CC2. The number of benzene rings is 1. The van der Waals surface area contributed by atoms with Crippen LogP contribution in [0.3, 0.4) is 0 Å². The summed E-state index contributed by atoms with van der Waals surface area (Å²) >= 11 is 0. The minimum atomic E-state index is -0.776. The maximum absolute atomic E-state index is 14.5. The first-order valence-electron chi connectivity index (χ1n) is 8.95. The van der Waals surface area contributed by atoms with Crippen LogP contribution in [-0.4, -0.2) is 22.3 Å². The van der Waals surface area contributed by atoms with Crippen LogP contribution in [0, 0.1) is 28.9 Å². The van der Waals surface area contributed by atoms with Crippen LogP contribution in [0.2, 0.25) is 0 Å². The summed E-state index contributed by atoms with van der Waals surface area (Å²) < 4.78 is 27.9. The number of rotatable bonds is 2. The number of carbonyl (C=O) groups excluding carboxylic acids is 1. The van der Waals surface area contributed by atoms with Crippen LogP contribution in [0.5, 0.6) is 0 Å². The van der Waals surface area contributed by atoms with E-state index in [1.165, 1.54) is 6.07 Å². The first-order chi connectivity index (χ1) is 13.0. The molecule has 0 spiro atoms. The molecule has 0 bridgehead atoms. The highest BCUT2D eigenvalue weighted by Crippen LogP contribution is 2.37. The largest absolute Gasteiger partial charge is 0.383 e. The van der Waals surface area contributed by atoms with Gasteiger partial charge in [-0.05, 0) is 25.0 Å². The molecule has 1 fully saturated rings. The third-order valence-electron chi connectivity index (χ3n) is 5.46. The third-order valence-corrected chi connectivity index (χ3v) is 5.46. The van der Waals surface area contributed by atoms with Crippen LogP contribution >= 0.6 is 0 Å². The molecule has 2 heterocycles. The number of halogens is 2. The van der Waals surface area contributed by atoms with Crippen LogP contribution in [0.1, 0.15) is 36.1 Å². The fourth-order valence-corrected chi connectivity index (χ4v) is 3.78. The van der Waals surface area contributed by atoms with Gasteiger partial charge in [0.15, 0.2) is 0 Å². The van der Waals surface area contributed by atoms with E-state index in [4.69, 9.17) is 5.73 Å². The van der Waals surface area contributed by atoms with E-state index < -0.39 is 11.6 Å². The van der Waals surface area contributed by atoms with Crippen molar-refractivity contribution in [2.75, 3.05) is 12.3 Å². The van der Waals surface area contributed by atoms with Crippen molar-refractivity contribution in [2.24, 2.45) is 5.92 Å². The normalized spacial score (nSPS) is 16.4. The molecule has 5 nitrogen and oxygen atoms in total. The second kappa shape index (κ2) is 6.62. The first kappa shape index (κ1) is 17.4. The Balaban J connectivity index is 1.84. The lowest BCUT2D eigenvalue weighted by molar-refractivity contribution is -0.139. The van der Waals surface area contributed by atoms with Crippen molar-refractivity contribution in [2.45, 2.75) is 32.2 Å². The lowest BCUT2D eigenvalue weighted by Crippen LogP contribution is -2.42. The zero-order valence-corrected chi connectivity index (χ0v) is 14.6. The Kier molecular flexibility index (Phi) is 4.27. The maximum atomic E-state index is 14.5. The summed E-state index contributed by atoms with van der Waals surface area (Å²) in [6, 6.07) is 5.21. The van der Waals surface area contributed by atoms with E-state index in [2.05, 4.69) is 4.98 Å². The number of nitrogens with zero attached hydrogens (tertiary/aromatic N) is 3. The van der Waals surface area contributed by atoms with Crippen molar-refractivity contribution in [3.8, 4) is 17.2 Å². The zero-order chi connectivity index (χ0) is 19.1. The molecule has 0 unspecified atom stereocenters. The average molecular weight is 368 g/mol. The predicted molar refractivity (Wildman–Crippen MR) is 95.2 cm³/mol. The van der Waals surface area contributed by atoms with Crippen LogP contribution in [0.15, 0.2) is 18.2 Å². The van der Waals surface area contributed by atoms with Crippen molar-refractivity contribution >= 4 is 11.7 Å². The fraction of sp³-hybridized carbons (Fsp3) is 0.350. The van der Waals surface area contributed by atoms with E-state index >= 15 is 0 Å². The van der Waals surface area contributed by atoms with Crippen molar-refractivity contribution in [1.29, 1.82) is 5.26 Å². The van der Waals surface area contributed by atoms with Gasteiger partial charge in [-0.3, -0.25) is 4.79 Å². The highest BCUT2D eigenvalue weighted by Gasteiger charge is 2.33. The number of pyridine rings is 1. The van der Waals surface area contributed by atoms with Gasteiger partial charge in [0, 0.05) is 48.2 Å². The monoisotopic (exact) mass is 368 g/mol. The van der Waals surface area contributed by atoms with Crippen molar-refractivity contribution < 1.29 is 13.6 Å². The van der Waals surface area contributed by atoms with Gasteiger partial charge < -0.3 is 10.6 Å². The Morgan fingerprint density at radius 1 is 1.33 bits per heavy atom. The zero-order valence-electron chi connectivity index (χ0n) is 14.6. The van der Waals surface area contributed by atoms with Crippen LogP contribution in [0.25, 0.3) is 11.1 Å². The number of nitrogens with two attached hydrogens (primary N) is 1. The number of nitriles is 1. The van der Waals surface area contributed by atoms with Crippen molar-refractivity contribution in [1.82, 2.24) is 9.88 Å². The second-order valence-electron chi connectivity index (χ2n) is 7.05. The van der Waals surface area contributed by atoms with Gasteiger partial charge in [-0.2, -0.15) is 5.26 Å². The van der Waals surface area contributed by atoms with Crippen LogP contribution < -0.4 is 5.73 Å². The van der Waals surface area contributed by atoms with E-state index in [1.807, 2.05) is 6.07 Å². The lowest BCUT2D eigenvalue weighted by atomic mass is 9.83. The van der Waals surface area contributed by atoms with Gasteiger partial charge in [-0.1, -0.05) is 6.42 Å². The van der Waals surface area contributed by atoms with Crippen molar-refractivity contribution in [3.63, 3.8) is 0 Å². The van der Waals surface area contributed by atoms with Gasteiger partial charge in [-0.15, -0.1) is 0 Å². The summed E-state index contributed by atoms with van der Waals surface area (Å²) in [7, 11) is 0. The van der Waals surface area contributed by atoms with Crippen LogP contribution in [0.4, 0.5) is 14.6 Å².